The molecule has 0 fully saturated rings. The number of nitrogens with zero attached hydrogens (tertiary/aromatic N) is 2. The van der Waals surface area contributed by atoms with Crippen LogP contribution in [0.2, 0.25) is 0 Å². The number of carbonyl (C=O) groups is 1. The van der Waals surface area contributed by atoms with Crippen LogP contribution in [-0.4, -0.2) is 16.1 Å². The highest BCUT2D eigenvalue weighted by molar-refractivity contribution is 9.10. The molecule has 0 aliphatic heterocycles. The third-order valence-corrected chi connectivity index (χ3v) is 2.88. The van der Waals surface area contributed by atoms with Crippen molar-refractivity contribution in [2.45, 2.75) is 0 Å². The Balaban J connectivity index is 2.31. The van der Waals surface area contributed by atoms with Crippen molar-refractivity contribution >= 4 is 38.3 Å². The summed E-state index contributed by atoms with van der Waals surface area (Å²) in [6.07, 6.45) is 0. The molecule has 8 heteroatoms. The molecule has 1 N–H and O–H groups in total. The molecule has 0 bridgehead atoms. The minimum atomic E-state index is -0.945. The molecule has 17 heavy (non-hydrogen) atoms. The molecule has 4 nitrogen and oxygen atoms in total. The van der Waals surface area contributed by atoms with Crippen molar-refractivity contribution in [2.75, 3.05) is 5.32 Å². The standard InChI is InChI=1S/C9H4BrF2N3OS/c10-4-1-5(11)7(6(12)2-4)8(16)14-9-15-13-3-17-9/h1-3H,(H,14,15,16). The third kappa shape index (κ3) is 2.64. The summed E-state index contributed by atoms with van der Waals surface area (Å²) in [6.45, 7) is 0. The first-order valence-electron chi connectivity index (χ1n) is 4.30. The summed E-state index contributed by atoms with van der Waals surface area (Å²) in [5, 5.41) is 9.46. The summed E-state index contributed by atoms with van der Waals surface area (Å²) in [5.41, 5.74) is 0.743. The predicted octanol–water partition coefficient (Wildman–Crippen LogP) is 2.83. The number of anilines is 1. The first-order chi connectivity index (χ1) is 8.08. The third-order valence-electron chi connectivity index (χ3n) is 1.81. The Bertz CT molecular complexity index is 538. The Labute approximate surface area is 107 Å². The number of rotatable bonds is 2. The molecule has 0 spiro atoms. The number of hydrogen-bond donors (Lipinski definition) is 1. The van der Waals surface area contributed by atoms with Crippen molar-refractivity contribution in [3.05, 3.63) is 39.3 Å². The maximum atomic E-state index is 13.4. The molecule has 1 aromatic heterocycles. The molecule has 0 radical (unpaired) electrons. The number of hydrogen-bond acceptors (Lipinski definition) is 4. The zero-order valence-electron chi connectivity index (χ0n) is 8.08. The second-order valence-corrected chi connectivity index (χ2v) is 4.69. The van der Waals surface area contributed by atoms with E-state index in [1.807, 2.05) is 0 Å². The van der Waals surface area contributed by atoms with E-state index in [-0.39, 0.29) is 9.60 Å². The molecule has 1 amide bonds. The second-order valence-electron chi connectivity index (χ2n) is 2.94. The van der Waals surface area contributed by atoms with Gasteiger partial charge in [0.15, 0.2) is 0 Å². The van der Waals surface area contributed by atoms with Crippen LogP contribution in [0.4, 0.5) is 13.9 Å². The van der Waals surface area contributed by atoms with Gasteiger partial charge in [0.2, 0.25) is 5.13 Å². The Morgan fingerprint density at radius 1 is 1.35 bits per heavy atom. The van der Waals surface area contributed by atoms with E-state index in [1.54, 1.807) is 0 Å². The van der Waals surface area contributed by atoms with Crippen LogP contribution in [0.1, 0.15) is 10.4 Å². The van der Waals surface area contributed by atoms with Gasteiger partial charge in [-0.05, 0) is 12.1 Å². The largest absolute Gasteiger partial charge is 0.296 e. The van der Waals surface area contributed by atoms with Crippen LogP contribution >= 0.6 is 27.3 Å². The number of carbonyl (C=O) groups excluding carboxylic acids is 1. The molecule has 1 heterocycles. The molecule has 1 aromatic carbocycles. The van der Waals surface area contributed by atoms with Gasteiger partial charge in [0.25, 0.3) is 5.91 Å². The zero-order chi connectivity index (χ0) is 12.4. The van der Waals surface area contributed by atoms with Crippen molar-refractivity contribution < 1.29 is 13.6 Å². The average molecular weight is 320 g/mol. The van der Waals surface area contributed by atoms with Gasteiger partial charge < -0.3 is 0 Å². The topological polar surface area (TPSA) is 54.9 Å². The lowest BCUT2D eigenvalue weighted by Gasteiger charge is -2.04. The van der Waals surface area contributed by atoms with Crippen LogP contribution in [0.5, 0.6) is 0 Å². The van der Waals surface area contributed by atoms with Gasteiger partial charge in [0.1, 0.15) is 22.7 Å². The lowest BCUT2D eigenvalue weighted by molar-refractivity contribution is 0.101. The Hall–Kier alpha value is -1.41. The SMILES string of the molecule is O=C(Nc1nncs1)c1c(F)cc(Br)cc1F. The minimum Gasteiger partial charge on any atom is -0.296 e. The van der Waals surface area contributed by atoms with E-state index in [1.165, 1.54) is 5.51 Å². The molecule has 0 atom stereocenters. The summed E-state index contributed by atoms with van der Waals surface area (Å²) in [6, 6.07) is 2.02. The van der Waals surface area contributed by atoms with Crippen LogP contribution < -0.4 is 5.32 Å². The summed E-state index contributed by atoms with van der Waals surface area (Å²) in [4.78, 5) is 11.6. The molecule has 0 aliphatic rings. The fourth-order valence-electron chi connectivity index (χ4n) is 1.15. The van der Waals surface area contributed by atoms with E-state index >= 15 is 0 Å². The predicted molar refractivity (Wildman–Crippen MR) is 61.9 cm³/mol. The van der Waals surface area contributed by atoms with E-state index in [4.69, 9.17) is 0 Å². The lowest BCUT2D eigenvalue weighted by Crippen LogP contribution is -2.15. The van der Waals surface area contributed by atoms with Gasteiger partial charge in [-0.1, -0.05) is 27.3 Å². The summed E-state index contributed by atoms with van der Waals surface area (Å²) >= 11 is 3.98. The second kappa shape index (κ2) is 4.84. The molecule has 2 rings (SSSR count). The number of benzene rings is 1. The van der Waals surface area contributed by atoms with E-state index < -0.39 is 23.1 Å². The normalized spacial score (nSPS) is 10.3. The van der Waals surface area contributed by atoms with Gasteiger partial charge in [-0.15, -0.1) is 10.2 Å². The smallest absolute Gasteiger partial charge is 0.263 e. The number of nitrogens with one attached hydrogen (secondary N) is 1. The summed E-state index contributed by atoms with van der Waals surface area (Å²) < 4.78 is 27.1. The van der Waals surface area contributed by atoms with E-state index in [2.05, 4.69) is 31.4 Å². The van der Waals surface area contributed by atoms with Crippen molar-refractivity contribution in [2.24, 2.45) is 0 Å². The Morgan fingerprint density at radius 2 is 2.00 bits per heavy atom. The molecule has 88 valence electrons. The fraction of sp³-hybridized carbons (Fsp3) is 0. The molecule has 0 unspecified atom stereocenters. The average Bonchev–Trinajstić information content (AvgIpc) is 2.68. The van der Waals surface area contributed by atoms with Crippen LogP contribution in [0.3, 0.4) is 0 Å². The van der Waals surface area contributed by atoms with E-state index in [0.717, 1.165) is 23.5 Å². The van der Waals surface area contributed by atoms with E-state index in [9.17, 15) is 13.6 Å². The minimum absolute atomic E-state index is 0.178. The zero-order valence-corrected chi connectivity index (χ0v) is 10.5. The van der Waals surface area contributed by atoms with Crippen molar-refractivity contribution in [3.8, 4) is 0 Å². The number of amides is 1. The van der Waals surface area contributed by atoms with Gasteiger partial charge in [0.05, 0.1) is 0 Å². The molecular weight excluding hydrogens is 316 g/mol. The number of aromatic nitrogens is 2. The van der Waals surface area contributed by atoms with Gasteiger partial charge in [0, 0.05) is 4.47 Å². The maximum absolute atomic E-state index is 13.4. The molecule has 0 saturated carbocycles. The highest BCUT2D eigenvalue weighted by Crippen LogP contribution is 2.20. The molecular formula is C9H4BrF2N3OS. The summed E-state index contributed by atoms with van der Waals surface area (Å²) in [5.74, 6) is -2.79. The monoisotopic (exact) mass is 319 g/mol. The summed E-state index contributed by atoms with van der Waals surface area (Å²) in [7, 11) is 0. The van der Waals surface area contributed by atoms with Gasteiger partial charge in [-0.2, -0.15) is 0 Å². The van der Waals surface area contributed by atoms with Crippen LogP contribution in [0.25, 0.3) is 0 Å². The van der Waals surface area contributed by atoms with Crippen LogP contribution in [0, 0.1) is 11.6 Å². The maximum Gasteiger partial charge on any atom is 0.263 e. The van der Waals surface area contributed by atoms with E-state index in [0.29, 0.717) is 0 Å². The quantitative estimate of drug-likeness (QED) is 0.926. The Kier molecular flexibility index (Phi) is 3.43. The highest BCUT2D eigenvalue weighted by Gasteiger charge is 2.19. The van der Waals surface area contributed by atoms with Crippen molar-refractivity contribution in [3.63, 3.8) is 0 Å². The first-order valence-corrected chi connectivity index (χ1v) is 5.97. The Morgan fingerprint density at radius 3 is 2.53 bits per heavy atom. The first kappa shape index (κ1) is 12.1. The van der Waals surface area contributed by atoms with Crippen molar-refractivity contribution in [1.82, 2.24) is 10.2 Å². The van der Waals surface area contributed by atoms with Crippen LogP contribution in [-0.2, 0) is 0 Å². The molecule has 2 aromatic rings. The molecule has 0 saturated heterocycles. The van der Waals surface area contributed by atoms with Gasteiger partial charge in [-0.3, -0.25) is 10.1 Å². The highest BCUT2D eigenvalue weighted by atomic mass is 79.9. The lowest BCUT2D eigenvalue weighted by atomic mass is 10.2. The molecule has 0 aliphatic carbocycles. The van der Waals surface area contributed by atoms with Crippen LogP contribution in [0.15, 0.2) is 22.1 Å². The van der Waals surface area contributed by atoms with Gasteiger partial charge >= 0.3 is 0 Å². The van der Waals surface area contributed by atoms with Crippen molar-refractivity contribution in [1.29, 1.82) is 0 Å². The van der Waals surface area contributed by atoms with Gasteiger partial charge in [-0.25, -0.2) is 8.78 Å². The fourth-order valence-corrected chi connectivity index (χ4v) is 1.99. The number of halogens is 3.